The zero-order chi connectivity index (χ0) is 17.4. The van der Waals surface area contributed by atoms with Gasteiger partial charge in [0.1, 0.15) is 6.04 Å². The van der Waals surface area contributed by atoms with Crippen molar-refractivity contribution in [3.63, 3.8) is 0 Å². The quantitative estimate of drug-likeness (QED) is 0.803. The third-order valence-electron chi connectivity index (χ3n) is 4.55. The molecule has 2 N–H and O–H groups in total. The lowest BCUT2D eigenvalue weighted by molar-refractivity contribution is -0.139. The van der Waals surface area contributed by atoms with E-state index in [9.17, 15) is 14.7 Å². The SMILES string of the molecule is CCC[C@H](NC(=O)N(Cc1ccncc1)C1CCCCC1)C(=O)O. The van der Waals surface area contributed by atoms with E-state index in [0.717, 1.165) is 31.2 Å². The van der Waals surface area contributed by atoms with Gasteiger partial charge < -0.3 is 15.3 Å². The van der Waals surface area contributed by atoms with Crippen LogP contribution in [0.3, 0.4) is 0 Å². The number of aromatic nitrogens is 1. The highest BCUT2D eigenvalue weighted by atomic mass is 16.4. The number of carboxylic acid groups (broad SMARTS) is 1. The van der Waals surface area contributed by atoms with Gasteiger partial charge in [0.2, 0.25) is 0 Å². The van der Waals surface area contributed by atoms with Crippen LogP contribution in [0.25, 0.3) is 0 Å². The molecule has 24 heavy (non-hydrogen) atoms. The van der Waals surface area contributed by atoms with Gasteiger partial charge in [0.25, 0.3) is 0 Å². The number of hydrogen-bond donors (Lipinski definition) is 2. The Kier molecular flexibility index (Phi) is 7.03. The van der Waals surface area contributed by atoms with Gasteiger partial charge in [-0.3, -0.25) is 4.98 Å². The Morgan fingerprint density at radius 1 is 1.29 bits per heavy atom. The summed E-state index contributed by atoms with van der Waals surface area (Å²) >= 11 is 0. The van der Waals surface area contributed by atoms with E-state index in [0.29, 0.717) is 19.4 Å². The van der Waals surface area contributed by atoms with Crippen molar-refractivity contribution >= 4 is 12.0 Å². The molecule has 1 aliphatic rings. The van der Waals surface area contributed by atoms with E-state index in [2.05, 4.69) is 10.3 Å². The molecule has 1 aliphatic carbocycles. The molecule has 1 fully saturated rings. The fourth-order valence-electron chi connectivity index (χ4n) is 3.22. The third kappa shape index (κ3) is 5.22. The first-order valence-electron chi connectivity index (χ1n) is 8.80. The number of rotatable bonds is 7. The molecule has 2 rings (SSSR count). The topological polar surface area (TPSA) is 82.5 Å². The van der Waals surface area contributed by atoms with Crippen molar-refractivity contribution in [3.05, 3.63) is 30.1 Å². The Balaban J connectivity index is 2.11. The second kappa shape index (κ2) is 9.25. The van der Waals surface area contributed by atoms with Gasteiger partial charge in [-0.1, -0.05) is 32.6 Å². The summed E-state index contributed by atoms with van der Waals surface area (Å²) in [6, 6.07) is 2.85. The third-order valence-corrected chi connectivity index (χ3v) is 4.55. The molecule has 0 radical (unpaired) electrons. The monoisotopic (exact) mass is 333 g/mol. The Labute approximate surface area is 143 Å². The molecule has 1 atom stereocenters. The van der Waals surface area contributed by atoms with Crippen molar-refractivity contribution in [1.82, 2.24) is 15.2 Å². The Morgan fingerprint density at radius 3 is 2.54 bits per heavy atom. The van der Waals surface area contributed by atoms with Crippen LogP contribution in [0.1, 0.15) is 57.4 Å². The van der Waals surface area contributed by atoms with E-state index in [4.69, 9.17) is 0 Å². The van der Waals surface area contributed by atoms with Crippen LogP contribution < -0.4 is 5.32 Å². The molecule has 1 aromatic rings. The van der Waals surface area contributed by atoms with Crippen LogP contribution >= 0.6 is 0 Å². The molecule has 1 saturated carbocycles. The molecule has 6 nitrogen and oxygen atoms in total. The lowest BCUT2D eigenvalue weighted by Crippen LogP contribution is -2.51. The largest absolute Gasteiger partial charge is 0.480 e. The first kappa shape index (κ1) is 18.2. The lowest BCUT2D eigenvalue weighted by Gasteiger charge is -2.35. The van der Waals surface area contributed by atoms with Crippen molar-refractivity contribution in [2.24, 2.45) is 0 Å². The van der Waals surface area contributed by atoms with Gasteiger partial charge in [0.05, 0.1) is 0 Å². The highest BCUT2D eigenvalue weighted by Crippen LogP contribution is 2.24. The summed E-state index contributed by atoms with van der Waals surface area (Å²) in [6.07, 6.45) is 9.96. The van der Waals surface area contributed by atoms with Crippen molar-refractivity contribution in [2.45, 2.75) is 70.5 Å². The molecule has 0 unspecified atom stereocenters. The molecular weight excluding hydrogens is 306 g/mol. The molecule has 1 heterocycles. The normalized spacial score (nSPS) is 16.4. The van der Waals surface area contributed by atoms with Crippen LogP contribution in [0, 0.1) is 0 Å². The molecule has 0 aromatic carbocycles. The number of nitrogens with zero attached hydrogens (tertiary/aromatic N) is 2. The number of carbonyl (C=O) groups is 2. The highest BCUT2D eigenvalue weighted by Gasteiger charge is 2.28. The number of carboxylic acids is 1. The maximum Gasteiger partial charge on any atom is 0.326 e. The predicted octanol–water partition coefficient (Wildman–Crippen LogP) is 3.18. The second-order valence-corrected chi connectivity index (χ2v) is 6.40. The number of carbonyl (C=O) groups excluding carboxylic acids is 1. The summed E-state index contributed by atoms with van der Waals surface area (Å²) < 4.78 is 0. The number of aliphatic carboxylic acids is 1. The Hall–Kier alpha value is -2.11. The van der Waals surface area contributed by atoms with Gasteiger partial charge in [-0.15, -0.1) is 0 Å². The van der Waals surface area contributed by atoms with E-state index in [1.807, 2.05) is 19.1 Å². The van der Waals surface area contributed by atoms with E-state index in [1.165, 1.54) is 6.42 Å². The van der Waals surface area contributed by atoms with Crippen molar-refractivity contribution in [3.8, 4) is 0 Å². The van der Waals surface area contributed by atoms with Crippen LogP contribution in [-0.4, -0.2) is 39.1 Å². The van der Waals surface area contributed by atoms with Crippen molar-refractivity contribution in [1.29, 1.82) is 0 Å². The summed E-state index contributed by atoms with van der Waals surface area (Å²) in [5.41, 5.74) is 1.01. The molecule has 0 spiro atoms. The number of hydrogen-bond acceptors (Lipinski definition) is 3. The molecule has 1 aromatic heterocycles. The highest BCUT2D eigenvalue weighted by molar-refractivity contribution is 5.82. The number of pyridine rings is 1. The van der Waals surface area contributed by atoms with Gasteiger partial charge in [0.15, 0.2) is 0 Å². The number of amides is 2. The van der Waals surface area contributed by atoms with Gasteiger partial charge in [-0.2, -0.15) is 0 Å². The minimum Gasteiger partial charge on any atom is -0.480 e. The minimum atomic E-state index is -0.974. The maximum absolute atomic E-state index is 12.8. The van der Waals surface area contributed by atoms with Gasteiger partial charge >= 0.3 is 12.0 Å². The first-order valence-corrected chi connectivity index (χ1v) is 8.80. The fourth-order valence-corrected chi connectivity index (χ4v) is 3.22. The van der Waals surface area contributed by atoms with Crippen LogP contribution in [0.15, 0.2) is 24.5 Å². The minimum absolute atomic E-state index is 0.169. The average molecular weight is 333 g/mol. The van der Waals surface area contributed by atoms with Crippen LogP contribution in [-0.2, 0) is 11.3 Å². The predicted molar refractivity (Wildman–Crippen MR) is 91.5 cm³/mol. The Bertz CT molecular complexity index is 530. The second-order valence-electron chi connectivity index (χ2n) is 6.40. The van der Waals surface area contributed by atoms with Crippen LogP contribution in [0.2, 0.25) is 0 Å². The number of nitrogens with one attached hydrogen (secondary N) is 1. The van der Waals surface area contributed by atoms with E-state index in [-0.39, 0.29) is 12.1 Å². The zero-order valence-electron chi connectivity index (χ0n) is 14.3. The van der Waals surface area contributed by atoms with Crippen LogP contribution in [0.4, 0.5) is 4.79 Å². The zero-order valence-corrected chi connectivity index (χ0v) is 14.3. The lowest BCUT2D eigenvalue weighted by atomic mass is 9.94. The molecule has 2 amide bonds. The summed E-state index contributed by atoms with van der Waals surface area (Å²) in [6.45, 7) is 2.40. The van der Waals surface area contributed by atoms with Crippen LogP contribution in [0.5, 0.6) is 0 Å². The molecule has 0 saturated heterocycles. The maximum atomic E-state index is 12.8. The summed E-state index contributed by atoms with van der Waals surface area (Å²) in [7, 11) is 0. The summed E-state index contributed by atoms with van der Waals surface area (Å²) in [5.74, 6) is -0.974. The summed E-state index contributed by atoms with van der Waals surface area (Å²) in [5, 5.41) is 12.0. The molecule has 0 aliphatic heterocycles. The van der Waals surface area contributed by atoms with E-state index >= 15 is 0 Å². The average Bonchev–Trinajstić information content (AvgIpc) is 2.60. The van der Waals surface area contributed by atoms with Crippen molar-refractivity contribution < 1.29 is 14.7 Å². The first-order chi connectivity index (χ1) is 11.6. The molecular formula is C18H27N3O3. The van der Waals surface area contributed by atoms with Gasteiger partial charge in [0, 0.05) is 25.0 Å². The number of urea groups is 1. The van der Waals surface area contributed by atoms with Gasteiger partial charge in [-0.05, 0) is 37.0 Å². The molecule has 0 bridgehead atoms. The van der Waals surface area contributed by atoms with E-state index < -0.39 is 12.0 Å². The smallest absolute Gasteiger partial charge is 0.326 e. The molecule has 132 valence electrons. The fraction of sp³-hybridized carbons (Fsp3) is 0.611. The van der Waals surface area contributed by atoms with Gasteiger partial charge in [-0.25, -0.2) is 9.59 Å². The Morgan fingerprint density at radius 2 is 1.96 bits per heavy atom. The molecule has 6 heteroatoms. The van der Waals surface area contributed by atoms with Crippen molar-refractivity contribution in [2.75, 3.05) is 0 Å². The van der Waals surface area contributed by atoms with E-state index in [1.54, 1.807) is 17.3 Å². The summed E-state index contributed by atoms with van der Waals surface area (Å²) in [4.78, 5) is 29.9. The standard InChI is InChI=1S/C18H27N3O3/c1-2-6-16(17(22)23)20-18(24)21(15-7-4-3-5-8-15)13-14-9-11-19-12-10-14/h9-12,15-16H,2-8,13H2,1H3,(H,20,24)(H,22,23)/t16-/m0/s1.